The largest absolute Gasteiger partial charge is 0.491 e. The molecule has 1 heterocycles. The van der Waals surface area contributed by atoms with E-state index in [1.807, 2.05) is 30.3 Å². The van der Waals surface area contributed by atoms with E-state index in [-0.39, 0.29) is 6.61 Å². The Kier molecular flexibility index (Phi) is 6.05. The van der Waals surface area contributed by atoms with E-state index in [0.717, 1.165) is 30.7 Å². The molecule has 2 aromatic carbocycles. The lowest BCUT2D eigenvalue weighted by Crippen LogP contribution is -2.35. The molecule has 0 spiro atoms. The van der Waals surface area contributed by atoms with E-state index in [2.05, 4.69) is 35.2 Å². The fraction of sp³-hybridized carbons (Fsp3) is 0.381. The summed E-state index contributed by atoms with van der Waals surface area (Å²) in [5, 5.41) is 19.1. The van der Waals surface area contributed by atoms with E-state index in [1.54, 1.807) is 0 Å². The van der Waals surface area contributed by atoms with Crippen LogP contribution < -0.4 is 4.74 Å². The maximum absolute atomic E-state index is 10.4. The van der Waals surface area contributed by atoms with Crippen molar-refractivity contribution in [2.75, 3.05) is 19.7 Å². The minimum Gasteiger partial charge on any atom is -0.491 e. The number of ether oxygens (including phenoxy) is 1. The first-order valence-corrected chi connectivity index (χ1v) is 8.82. The number of hydrogen-bond donors (Lipinski definition) is 1. The summed E-state index contributed by atoms with van der Waals surface area (Å²) in [6, 6.07) is 20.5. The van der Waals surface area contributed by atoms with Gasteiger partial charge >= 0.3 is 0 Å². The molecule has 1 aliphatic rings. The second-order valence-electron chi connectivity index (χ2n) is 6.51. The average Bonchev–Trinajstić information content (AvgIpc) is 3.10. The van der Waals surface area contributed by atoms with Crippen LogP contribution in [0.3, 0.4) is 0 Å². The van der Waals surface area contributed by atoms with Gasteiger partial charge in [-0.3, -0.25) is 4.90 Å². The number of nitrogens with zero attached hydrogens (tertiary/aromatic N) is 2. The minimum absolute atomic E-state index is 0.273. The number of likely N-dealkylation sites (tertiary alicyclic amines) is 1. The van der Waals surface area contributed by atoms with Gasteiger partial charge in [0.1, 0.15) is 18.5 Å². The molecule has 1 aliphatic heterocycles. The minimum atomic E-state index is -0.525. The Morgan fingerprint density at radius 3 is 2.64 bits per heavy atom. The van der Waals surface area contributed by atoms with Crippen LogP contribution in [0.4, 0.5) is 0 Å². The average molecular weight is 336 g/mol. The van der Waals surface area contributed by atoms with Gasteiger partial charge in [-0.25, -0.2) is 0 Å². The molecular weight excluding hydrogens is 312 g/mol. The summed E-state index contributed by atoms with van der Waals surface area (Å²) in [5.74, 6) is 0.724. The van der Waals surface area contributed by atoms with E-state index in [4.69, 9.17) is 10.00 Å². The third-order valence-corrected chi connectivity index (χ3v) is 4.64. The molecule has 0 unspecified atom stereocenters. The predicted molar refractivity (Wildman–Crippen MR) is 97.3 cm³/mol. The van der Waals surface area contributed by atoms with Gasteiger partial charge in [-0.05, 0) is 42.6 Å². The van der Waals surface area contributed by atoms with Crippen LogP contribution in [0.2, 0.25) is 0 Å². The highest BCUT2D eigenvalue weighted by Gasteiger charge is 2.27. The Morgan fingerprint density at radius 2 is 1.92 bits per heavy atom. The van der Waals surface area contributed by atoms with E-state index >= 15 is 0 Å². The van der Waals surface area contributed by atoms with Gasteiger partial charge in [0.15, 0.2) is 0 Å². The summed E-state index contributed by atoms with van der Waals surface area (Å²) in [6.07, 6.45) is 2.17. The highest BCUT2D eigenvalue weighted by atomic mass is 16.5. The van der Waals surface area contributed by atoms with Gasteiger partial charge in [0, 0.05) is 12.6 Å². The Labute approximate surface area is 149 Å². The molecule has 4 heteroatoms. The SMILES string of the molecule is N#CCc1ccc(OC[C@H](O)CN2CCC[C@@H]2c2ccccc2)cc1. The van der Waals surface area contributed by atoms with Crippen molar-refractivity contribution in [2.45, 2.75) is 31.4 Å². The molecule has 25 heavy (non-hydrogen) atoms. The van der Waals surface area contributed by atoms with Gasteiger partial charge in [0.2, 0.25) is 0 Å². The number of hydrogen-bond acceptors (Lipinski definition) is 4. The molecule has 0 aliphatic carbocycles. The lowest BCUT2D eigenvalue weighted by Gasteiger charge is -2.27. The molecular formula is C21H24N2O2. The Morgan fingerprint density at radius 1 is 1.16 bits per heavy atom. The molecule has 2 atom stereocenters. The first-order valence-electron chi connectivity index (χ1n) is 8.82. The van der Waals surface area contributed by atoms with Gasteiger partial charge in [-0.2, -0.15) is 5.26 Å². The van der Waals surface area contributed by atoms with Gasteiger partial charge in [0.05, 0.1) is 12.5 Å². The summed E-state index contributed by atoms with van der Waals surface area (Å²) in [6.45, 7) is 1.90. The van der Waals surface area contributed by atoms with Crippen LogP contribution in [-0.2, 0) is 6.42 Å². The van der Waals surface area contributed by atoms with Crippen LogP contribution in [0.25, 0.3) is 0 Å². The molecule has 3 rings (SSSR count). The van der Waals surface area contributed by atoms with Gasteiger partial charge < -0.3 is 9.84 Å². The summed E-state index contributed by atoms with van der Waals surface area (Å²) in [7, 11) is 0. The van der Waals surface area contributed by atoms with Crippen molar-refractivity contribution in [3.8, 4) is 11.8 Å². The van der Waals surface area contributed by atoms with Crippen molar-refractivity contribution >= 4 is 0 Å². The molecule has 4 nitrogen and oxygen atoms in total. The highest BCUT2D eigenvalue weighted by molar-refractivity contribution is 5.28. The predicted octanol–water partition coefficient (Wildman–Crippen LogP) is 3.33. The zero-order chi connectivity index (χ0) is 17.5. The number of rotatable bonds is 7. The van der Waals surface area contributed by atoms with Crippen molar-refractivity contribution in [3.63, 3.8) is 0 Å². The summed E-state index contributed by atoms with van der Waals surface area (Å²) in [4.78, 5) is 2.35. The smallest absolute Gasteiger partial charge is 0.119 e. The first kappa shape index (κ1) is 17.5. The first-order chi connectivity index (χ1) is 12.3. The number of nitriles is 1. The molecule has 0 bridgehead atoms. The highest BCUT2D eigenvalue weighted by Crippen LogP contribution is 2.31. The van der Waals surface area contributed by atoms with Crippen LogP contribution >= 0.6 is 0 Å². The van der Waals surface area contributed by atoms with Gasteiger partial charge in [0.25, 0.3) is 0 Å². The summed E-state index contributed by atoms with van der Waals surface area (Å²) in [5.41, 5.74) is 2.29. The second-order valence-corrected chi connectivity index (χ2v) is 6.51. The zero-order valence-corrected chi connectivity index (χ0v) is 14.3. The number of aliphatic hydroxyl groups excluding tert-OH is 1. The Hall–Kier alpha value is -2.35. The van der Waals surface area contributed by atoms with Gasteiger partial charge in [-0.15, -0.1) is 0 Å². The molecule has 0 saturated carbocycles. The van der Waals surface area contributed by atoms with Crippen LogP contribution in [0.1, 0.15) is 30.0 Å². The molecule has 2 aromatic rings. The third kappa shape index (κ3) is 4.82. The van der Waals surface area contributed by atoms with Crippen molar-refractivity contribution in [3.05, 3.63) is 65.7 Å². The summed E-state index contributed by atoms with van der Waals surface area (Å²) < 4.78 is 5.69. The molecule has 130 valence electrons. The quantitative estimate of drug-likeness (QED) is 0.842. The van der Waals surface area contributed by atoms with Crippen LogP contribution in [0.15, 0.2) is 54.6 Å². The van der Waals surface area contributed by atoms with Crippen molar-refractivity contribution < 1.29 is 9.84 Å². The van der Waals surface area contributed by atoms with Crippen LogP contribution in [0, 0.1) is 11.3 Å². The van der Waals surface area contributed by atoms with E-state index < -0.39 is 6.10 Å². The molecule has 1 saturated heterocycles. The Bertz CT molecular complexity index is 694. The molecule has 1 N–H and O–H groups in total. The normalized spacial score (nSPS) is 18.6. The molecule has 1 fully saturated rings. The van der Waals surface area contributed by atoms with E-state index in [1.165, 1.54) is 5.56 Å². The summed E-state index contributed by atoms with van der Waals surface area (Å²) >= 11 is 0. The van der Waals surface area contributed by atoms with E-state index in [9.17, 15) is 5.11 Å². The van der Waals surface area contributed by atoms with Crippen molar-refractivity contribution in [1.29, 1.82) is 5.26 Å². The number of benzene rings is 2. The van der Waals surface area contributed by atoms with Crippen LogP contribution in [0.5, 0.6) is 5.75 Å². The maximum atomic E-state index is 10.4. The molecule has 0 radical (unpaired) electrons. The van der Waals surface area contributed by atoms with E-state index in [0.29, 0.717) is 19.0 Å². The fourth-order valence-corrected chi connectivity index (χ4v) is 3.41. The lowest BCUT2D eigenvalue weighted by atomic mass is 10.0. The third-order valence-electron chi connectivity index (χ3n) is 4.64. The monoisotopic (exact) mass is 336 g/mol. The zero-order valence-electron chi connectivity index (χ0n) is 14.3. The Balaban J connectivity index is 1.50. The van der Waals surface area contributed by atoms with Gasteiger partial charge in [-0.1, -0.05) is 42.5 Å². The number of β-amino-alcohol motifs (C(OH)–C–C–N with tert-alkyl or cyclic N) is 1. The topological polar surface area (TPSA) is 56.5 Å². The second kappa shape index (κ2) is 8.66. The van der Waals surface area contributed by atoms with Crippen molar-refractivity contribution in [2.24, 2.45) is 0 Å². The lowest BCUT2D eigenvalue weighted by molar-refractivity contribution is 0.0638. The molecule has 0 aromatic heterocycles. The van der Waals surface area contributed by atoms with Crippen molar-refractivity contribution in [1.82, 2.24) is 4.90 Å². The van der Waals surface area contributed by atoms with Crippen LogP contribution in [-0.4, -0.2) is 35.8 Å². The standard InChI is InChI=1S/C21H24N2O2/c22-13-12-17-8-10-20(11-9-17)25-16-19(24)15-23-14-4-7-21(23)18-5-2-1-3-6-18/h1-3,5-6,8-11,19,21,24H,4,7,12,14-16H2/t19-,21-/m1/s1. The number of aliphatic hydroxyl groups is 1. The molecule has 0 amide bonds. The maximum Gasteiger partial charge on any atom is 0.119 e. The fourth-order valence-electron chi connectivity index (χ4n) is 3.41.